The Labute approximate surface area is 120 Å². The molecule has 98 valence electrons. The van der Waals surface area contributed by atoms with Gasteiger partial charge in [0.2, 0.25) is 5.95 Å². The molecule has 0 atom stereocenters. The van der Waals surface area contributed by atoms with Gasteiger partial charge in [0.15, 0.2) is 5.82 Å². The van der Waals surface area contributed by atoms with Gasteiger partial charge in [-0.15, -0.1) is 11.7 Å². The van der Waals surface area contributed by atoms with Crippen LogP contribution in [0.2, 0.25) is 10.0 Å². The van der Waals surface area contributed by atoms with Crippen LogP contribution in [0.5, 0.6) is 0 Å². The maximum Gasteiger partial charge on any atom is 0.249 e. The summed E-state index contributed by atoms with van der Waals surface area (Å²) in [5.41, 5.74) is 0.695. The molecule has 1 aromatic carbocycles. The van der Waals surface area contributed by atoms with Gasteiger partial charge >= 0.3 is 0 Å². The molecule has 0 radical (unpaired) electrons. The predicted molar refractivity (Wildman–Crippen MR) is 78.3 cm³/mol. The number of nitrogens with zero attached hydrogens (tertiary/aromatic N) is 3. The average molecular weight is 296 g/mol. The zero-order chi connectivity index (χ0) is 13.7. The van der Waals surface area contributed by atoms with Crippen LogP contribution in [-0.4, -0.2) is 21.7 Å². The van der Waals surface area contributed by atoms with Gasteiger partial charge in [0.25, 0.3) is 0 Å². The molecule has 0 amide bonds. The zero-order valence-electron chi connectivity index (χ0n) is 9.90. The molecule has 0 aliphatic rings. The summed E-state index contributed by atoms with van der Waals surface area (Å²) in [6.07, 6.45) is 3.26. The van der Waals surface area contributed by atoms with Crippen molar-refractivity contribution < 1.29 is 0 Å². The van der Waals surface area contributed by atoms with E-state index >= 15 is 0 Å². The molecule has 2 rings (SSSR count). The lowest BCUT2D eigenvalue weighted by molar-refractivity contribution is 0.976. The summed E-state index contributed by atoms with van der Waals surface area (Å²) < 4.78 is 0. The summed E-state index contributed by atoms with van der Waals surface area (Å²) in [6.45, 7) is 4.21. The van der Waals surface area contributed by atoms with Crippen molar-refractivity contribution in [3.63, 3.8) is 0 Å². The van der Waals surface area contributed by atoms with Gasteiger partial charge in [-0.05, 0) is 18.2 Å². The van der Waals surface area contributed by atoms with Gasteiger partial charge in [-0.2, -0.15) is 10.1 Å². The Hall–Kier alpha value is -1.85. The Bertz CT molecular complexity index is 568. The number of nitrogens with one attached hydrogen (secondary N) is 2. The van der Waals surface area contributed by atoms with Gasteiger partial charge in [0, 0.05) is 22.3 Å². The van der Waals surface area contributed by atoms with Gasteiger partial charge in [-0.3, -0.25) is 0 Å². The maximum absolute atomic E-state index is 5.91. The van der Waals surface area contributed by atoms with E-state index in [4.69, 9.17) is 23.2 Å². The predicted octanol–water partition coefficient (Wildman–Crippen LogP) is 3.52. The average Bonchev–Trinajstić information content (AvgIpc) is 2.35. The third-order valence-electron chi connectivity index (χ3n) is 2.11. The first-order chi connectivity index (χ1) is 9.17. The molecule has 5 nitrogen and oxygen atoms in total. The Morgan fingerprint density at radius 2 is 1.95 bits per heavy atom. The quantitative estimate of drug-likeness (QED) is 0.827. The van der Waals surface area contributed by atoms with E-state index in [0.717, 1.165) is 0 Å². The molecule has 1 aromatic heterocycles. The van der Waals surface area contributed by atoms with Crippen molar-refractivity contribution in [1.29, 1.82) is 0 Å². The van der Waals surface area contributed by atoms with Gasteiger partial charge in [-0.25, -0.2) is 0 Å². The van der Waals surface area contributed by atoms with E-state index in [1.165, 1.54) is 6.20 Å². The third-order valence-corrected chi connectivity index (χ3v) is 2.54. The van der Waals surface area contributed by atoms with Crippen LogP contribution in [-0.2, 0) is 0 Å². The van der Waals surface area contributed by atoms with E-state index in [2.05, 4.69) is 32.4 Å². The summed E-state index contributed by atoms with van der Waals surface area (Å²) in [6, 6.07) is 5.09. The molecule has 7 heteroatoms. The first-order valence-corrected chi connectivity index (χ1v) is 6.20. The Kier molecular flexibility index (Phi) is 4.54. The number of hydrogen-bond acceptors (Lipinski definition) is 5. The minimum atomic E-state index is 0.354. The molecular formula is C12H11Cl2N5. The van der Waals surface area contributed by atoms with Gasteiger partial charge in [0.05, 0.1) is 6.20 Å². The molecule has 0 saturated carbocycles. The van der Waals surface area contributed by atoms with Crippen LogP contribution in [0, 0.1) is 0 Å². The molecule has 0 fully saturated rings. The topological polar surface area (TPSA) is 62.7 Å². The molecule has 1 heterocycles. The molecule has 19 heavy (non-hydrogen) atoms. The van der Waals surface area contributed by atoms with Crippen LogP contribution in [0.25, 0.3) is 0 Å². The monoisotopic (exact) mass is 295 g/mol. The fourth-order valence-corrected chi connectivity index (χ4v) is 1.90. The van der Waals surface area contributed by atoms with E-state index in [9.17, 15) is 0 Å². The molecule has 0 unspecified atom stereocenters. The van der Waals surface area contributed by atoms with E-state index in [1.54, 1.807) is 24.3 Å². The van der Waals surface area contributed by atoms with Crippen molar-refractivity contribution >= 4 is 40.7 Å². The van der Waals surface area contributed by atoms with Crippen molar-refractivity contribution in [2.24, 2.45) is 0 Å². The summed E-state index contributed by atoms with van der Waals surface area (Å²) in [7, 11) is 0. The van der Waals surface area contributed by atoms with Gasteiger partial charge < -0.3 is 10.6 Å². The first-order valence-electron chi connectivity index (χ1n) is 5.45. The molecule has 0 bridgehead atoms. The lowest BCUT2D eigenvalue weighted by atomic mass is 10.3. The highest BCUT2D eigenvalue weighted by atomic mass is 35.5. The molecule has 0 saturated heterocycles. The van der Waals surface area contributed by atoms with Crippen LogP contribution >= 0.6 is 23.2 Å². The second kappa shape index (κ2) is 6.36. The van der Waals surface area contributed by atoms with Crippen LogP contribution in [0.1, 0.15) is 0 Å². The summed E-state index contributed by atoms with van der Waals surface area (Å²) in [5.74, 6) is 0.956. The number of halogens is 2. The number of benzene rings is 1. The Morgan fingerprint density at radius 1 is 1.21 bits per heavy atom. The Balaban J connectivity index is 2.15. The molecule has 2 aromatic rings. The van der Waals surface area contributed by atoms with E-state index in [-0.39, 0.29) is 0 Å². The van der Waals surface area contributed by atoms with Crippen molar-refractivity contribution in [1.82, 2.24) is 15.2 Å². The normalized spacial score (nSPS) is 10.0. The lowest BCUT2D eigenvalue weighted by Crippen LogP contribution is -2.05. The van der Waals surface area contributed by atoms with Crippen molar-refractivity contribution in [3.05, 3.63) is 47.1 Å². The summed E-state index contributed by atoms with van der Waals surface area (Å²) in [4.78, 5) is 4.24. The highest BCUT2D eigenvalue weighted by molar-refractivity contribution is 6.35. The van der Waals surface area contributed by atoms with Gasteiger partial charge in [-0.1, -0.05) is 29.3 Å². The highest BCUT2D eigenvalue weighted by Gasteiger charge is 2.03. The smallest absolute Gasteiger partial charge is 0.249 e. The second-order valence-corrected chi connectivity index (χ2v) is 4.49. The van der Waals surface area contributed by atoms with Gasteiger partial charge in [0.1, 0.15) is 0 Å². The highest BCUT2D eigenvalue weighted by Crippen LogP contribution is 2.24. The number of aromatic nitrogens is 3. The van der Waals surface area contributed by atoms with E-state index in [0.29, 0.717) is 34.0 Å². The minimum Gasteiger partial charge on any atom is -0.365 e. The van der Waals surface area contributed by atoms with Crippen molar-refractivity contribution in [2.45, 2.75) is 0 Å². The van der Waals surface area contributed by atoms with Crippen molar-refractivity contribution in [2.75, 3.05) is 17.2 Å². The lowest BCUT2D eigenvalue weighted by Gasteiger charge is -2.07. The third kappa shape index (κ3) is 4.08. The van der Waals surface area contributed by atoms with Crippen LogP contribution in [0.3, 0.4) is 0 Å². The summed E-state index contributed by atoms with van der Waals surface area (Å²) >= 11 is 11.8. The zero-order valence-corrected chi connectivity index (χ0v) is 11.4. The molecular weight excluding hydrogens is 285 g/mol. The number of rotatable bonds is 5. The maximum atomic E-state index is 5.91. The molecule has 0 aliphatic heterocycles. The minimum absolute atomic E-state index is 0.354. The van der Waals surface area contributed by atoms with E-state index in [1.807, 2.05) is 0 Å². The molecule has 0 spiro atoms. The first kappa shape index (κ1) is 13.6. The fourth-order valence-electron chi connectivity index (χ4n) is 1.37. The fraction of sp³-hybridized carbons (Fsp3) is 0.0833. The SMILES string of the molecule is C=CCNc1cnnc(Nc2cc(Cl)cc(Cl)c2)n1. The largest absolute Gasteiger partial charge is 0.365 e. The molecule has 0 aliphatic carbocycles. The molecule has 2 N–H and O–H groups in total. The Morgan fingerprint density at radius 3 is 2.63 bits per heavy atom. The van der Waals surface area contributed by atoms with E-state index < -0.39 is 0 Å². The summed E-state index contributed by atoms with van der Waals surface area (Å²) in [5, 5.41) is 14.8. The standard InChI is InChI=1S/C12H11Cl2N5/c1-2-3-15-11-7-16-19-12(18-11)17-10-5-8(13)4-9(14)6-10/h2,4-7H,1,3H2,(H2,15,17,18,19). The number of anilines is 3. The van der Waals surface area contributed by atoms with Crippen LogP contribution in [0.15, 0.2) is 37.1 Å². The van der Waals surface area contributed by atoms with Crippen LogP contribution in [0.4, 0.5) is 17.5 Å². The number of hydrogen-bond donors (Lipinski definition) is 2. The van der Waals surface area contributed by atoms with Crippen molar-refractivity contribution in [3.8, 4) is 0 Å². The second-order valence-electron chi connectivity index (χ2n) is 3.62. The van der Waals surface area contributed by atoms with Crippen LogP contribution < -0.4 is 10.6 Å².